The Kier molecular flexibility index (Phi) is 8.36. The fourth-order valence-electron chi connectivity index (χ4n) is 2.24. The Bertz CT molecular complexity index is 669. The van der Waals surface area contributed by atoms with Gasteiger partial charge in [-0.2, -0.15) is 0 Å². The number of hydrogen-bond acceptors (Lipinski definition) is 5. The van der Waals surface area contributed by atoms with Crippen molar-refractivity contribution < 1.29 is 23.8 Å². The number of rotatable bonds is 10. The number of hydrogen-bond donors (Lipinski definition) is 0. The van der Waals surface area contributed by atoms with Gasteiger partial charge in [-0.3, -0.25) is 4.79 Å². The van der Waals surface area contributed by atoms with Crippen LogP contribution in [-0.2, 0) is 14.3 Å². The summed E-state index contributed by atoms with van der Waals surface area (Å²) in [5.74, 6) is 0.413. The number of ether oxygens (including phenoxy) is 3. The molecule has 26 heavy (non-hydrogen) atoms. The van der Waals surface area contributed by atoms with Crippen molar-refractivity contribution in [1.29, 1.82) is 0 Å². The lowest BCUT2D eigenvalue weighted by molar-refractivity contribution is -0.146. The smallest absolute Gasteiger partial charge is 0.340 e. The van der Waals surface area contributed by atoms with Gasteiger partial charge in [0.2, 0.25) is 0 Å². The van der Waals surface area contributed by atoms with Crippen molar-refractivity contribution in [1.82, 2.24) is 0 Å². The van der Waals surface area contributed by atoms with Crippen LogP contribution in [0.1, 0.15) is 32.6 Å². The molecular weight excluding hydrogens is 332 g/mol. The molecule has 0 heterocycles. The number of carbonyl (C=O) groups excluding carboxylic acids is 2. The summed E-state index contributed by atoms with van der Waals surface area (Å²) in [6.07, 6.45) is 2.04. The highest BCUT2D eigenvalue weighted by Gasteiger charge is 2.15. The van der Waals surface area contributed by atoms with Crippen LogP contribution in [0.5, 0.6) is 11.5 Å². The van der Waals surface area contributed by atoms with Gasteiger partial charge in [0.25, 0.3) is 0 Å². The number of unbranched alkanes of at least 4 members (excludes halogenated alkanes) is 2. The van der Waals surface area contributed by atoms with E-state index in [-0.39, 0.29) is 5.97 Å². The van der Waals surface area contributed by atoms with E-state index in [0.29, 0.717) is 24.5 Å². The molecule has 0 bridgehead atoms. The van der Waals surface area contributed by atoms with Crippen molar-refractivity contribution in [3.63, 3.8) is 0 Å². The quantitative estimate of drug-likeness (QED) is 0.363. The highest BCUT2D eigenvalue weighted by Crippen LogP contribution is 2.12. The minimum atomic E-state index is -0.627. The summed E-state index contributed by atoms with van der Waals surface area (Å²) in [6.45, 7) is 2.11. The van der Waals surface area contributed by atoms with Gasteiger partial charge in [0.15, 0.2) is 6.10 Å². The monoisotopic (exact) mass is 356 g/mol. The molecule has 0 fully saturated rings. The molecular formula is C21H24O5. The van der Waals surface area contributed by atoms with Gasteiger partial charge in [0.05, 0.1) is 0 Å². The van der Waals surface area contributed by atoms with Crippen molar-refractivity contribution in [3.05, 3.63) is 60.7 Å². The molecule has 0 spiro atoms. The molecule has 0 aromatic heterocycles. The molecule has 5 heteroatoms. The van der Waals surface area contributed by atoms with E-state index >= 15 is 0 Å². The summed E-state index contributed by atoms with van der Waals surface area (Å²) >= 11 is 0. The van der Waals surface area contributed by atoms with E-state index in [1.165, 1.54) is 0 Å². The predicted octanol–water partition coefficient (Wildman–Crippen LogP) is 4.16. The summed E-state index contributed by atoms with van der Waals surface area (Å²) in [7, 11) is 0. The molecule has 138 valence electrons. The van der Waals surface area contributed by atoms with Gasteiger partial charge in [-0.15, -0.1) is 0 Å². The standard InChI is InChI=1S/C21H24O5/c1-17(21(23)26-19-13-7-3-8-14-19)24-16-10-4-9-15-20(22)25-18-11-5-2-6-12-18/h2-3,5-8,11-14,17H,4,9-10,15-16H2,1H3. The average Bonchev–Trinajstić information content (AvgIpc) is 2.66. The maximum absolute atomic E-state index is 11.9. The number of esters is 2. The fraction of sp³-hybridized carbons (Fsp3) is 0.333. The topological polar surface area (TPSA) is 61.8 Å². The van der Waals surface area contributed by atoms with Crippen LogP contribution in [0.25, 0.3) is 0 Å². The van der Waals surface area contributed by atoms with Crippen LogP contribution < -0.4 is 9.47 Å². The Morgan fingerprint density at radius 3 is 2.00 bits per heavy atom. The molecule has 0 N–H and O–H groups in total. The molecule has 1 unspecified atom stereocenters. The largest absolute Gasteiger partial charge is 0.427 e. The number of carbonyl (C=O) groups is 2. The Hall–Kier alpha value is -2.66. The van der Waals surface area contributed by atoms with E-state index in [4.69, 9.17) is 14.2 Å². The van der Waals surface area contributed by atoms with Gasteiger partial charge in [0, 0.05) is 13.0 Å². The summed E-state index contributed by atoms with van der Waals surface area (Å²) in [6, 6.07) is 17.9. The van der Waals surface area contributed by atoms with E-state index < -0.39 is 12.1 Å². The number of benzene rings is 2. The van der Waals surface area contributed by atoms with Crippen LogP contribution in [0.15, 0.2) is 60.7 Å². The SMILES string of the molecule is CC(OCCCCCC(=O)Oc1ccccc1)C(=O)Oc1ccccc1. The predicted molar refractivity (Wildman–Crippen MR) is 98.0 cm³/mol. The van der Waals surface area contributed by atoms with Crippen LogP contribution in [0.3, 0.4) is 0 Å². The van der Waals surface area contributed by atoms with Gasteiger partial charge in [-0.1, -0.05) is 42.8 Å². The van der Waals surface area contributed by atoms with Gasteiger partial charge in [-0.05, 0) is 44.0 Å². The lowest BCUT2D eigenvalue weighted by Crippen LogP contribution is -2.26. The maximum atomic E-state index is 11.9. The molecule has 0 radical (unpaired) electrons. The zero-order valence-corrected chi connectivity index (χ0v) is 14.9. The van der Waals surface area contributed by atoms with Gasteiger partial charge < -0.3 is 14.2 Å². The molecule has 2 aromatic carbocycles. The molecule has 1 atom stereocenters. The second-order valence-electron chi connectivity index (χ2n) is 5.84. The Balaban J connectivity index is 1.53. The van der Waals surface area contributed by atoms with E-state index in [1.54, 1.807) is 43.3 Å². The van der Waals surface area contributed by atoms with Crippen molar-refractivity contribution >= 4 is 11.9 Å². The normalized spacial score (nSPS) is 11.6. The Morgan fingerprint density at radius 2 is 1.38 bits per heavy atom. The van der Waals surface area contributed by atoms with Crippen LogP contribution in [-0.4, -0.2) is 24.6 Å². The lowest BCUT2D eigenvalue weighted by atomic mass is 10.2. The molecule has 5 nitrogen and oxygen atoms in total. The zero-order chi connectivity index (χ0) is 18.6. The Morgan fingerprint density at radius 1 is 0.808 bits per heavy atom. The van der Waals surface area contributed by atoms with Gasteiger partial charge in [0.1, 0.15) is 11.5 Å². The molecule has 0 amide bonds. The van der Waals surface area contributed by atoms with Crippen molar-refractivity contribution in [2.75, 3.05) is 6.61 Å². The van der Waals surface area contributed by atoms with Crippen molar-refractivity contribution in [2.45, 2.75) is 38.7 Å². The molecule has 0 saturated carbocycles. The molecule has 2 aromatic rings. The molecule has 0 aliphatic carbocycles. The van der Waals surface area contributed by atoms with Crippen molar-refractivity contribution in [3.8, 4) is 11.5 Å². The second kappa shape index (κ2) is 11.1. The Labute approximate surface area is 153 Å². The van der Waals surface area contributed by atoms with Gasteiger partial charge >= 0.3 is 11.9 Å². The molecule has 2 rings (SSSR count). The first-order valence-corrected chi connectivity index (χ1v) is 8.79. The lowest BCUT2D eigenvalue weighted by Gasteiger charge is -2.12. The summed E-state index contributed by atoms with van der Waals surface area (Å²) in [5.41, 5.74) is 0. The van der Waals surface area contributed by atoms with E-state index in [1.807, 2.05) is 24.3 Å². The van der Waals surface area contributed by atoms with E-state index in [9.17, 15) is 9.59 Å². The van der Waals surface area contributed by atoms with Crippen LogP contribution in [0.2, 0.25) is 0 Å². The zero-order valence-electron chi connectivity index (χ0n) is 14.9. The molecule has 0 saturated heterocycles. The van der Waals surface area contributed by atoms with E-state index in [2.05, 4.69) is 0 Å². The fourth-order valence-corrected chi connectivity index (χ4v) is 2.24. The third-order valence-corrected chi connectivity index (χ3v) is 3.66. The van der Waals surface area contributed by atoms with Crippen LogP contribution in [0, 0.1) is 0 Å². The minimum Gasteiger partial charge on any atom is -0.427 e. The highest BCUT2D eigenvalue weighted by atomic mass is 16.6. The van der Waals surface area contributed by atoms with Crippen molar-refractivity contribution in [2.24, 2.45) is 0 Å². The first-order chi connectivity index (χ1) is 12.6. The van der Waals surface area contributed by atoms with Gasteiger partial charge in [-0.25, -0.2) is 4.79 Å². The third-order valence-electron chi connectivity index (χ3n) is 3.66. The molecule has 0 aliphatic heterocycles. The average molecular weight is 356 g/mol. The van der Waals surface area contributed by atoms with E-state index in [0.717, 1.165) is 19.3 Å². The summed E-state index contributed by atoms with van der Waals surface area (Å²) < 4.78 is 15.9. The minimum absolute atomic E-state index is 0.239. The first-order valence-electron chi connectivity index (χ1n) is 8.79. The number of para-hydroxylation sites is 2. The summed E-state index contributed by atoms with van der Waals surface area (Å²) in [4.78, 5) is 23.6. The summed E-state index contributed by atoms with van der Waals surface area (Å²) in [5, 5.41) is 0. The highest BCUT2D eigenvalue weighted by molar-refractivity contribution is 5.76. The third kappa shape index (κ3) is 7.49. The molecule has 0 aliphatic rings. The second-order valence-corrected chi connectivity index (χ2v) is 5.84. The van der Waals surface area contributed by atoms with Crippen LogP contribution in [0.4, 0.5) is 0 Å². The maximum Gasteiger partial charge on any atom is 0.340 e. The first kappa shape index (κ1) is 19.7. The van der Waals surface area contributed by atoms with Crippen LogP contribution >= 0.6 is 0 Å².